The maximum Gasteiger partial charge on any atom is 0.337 e. The molecular weight excluding hydrogens is 196 g/mol. The highest BCUT2D eigenvalue weighted by molar-refractivity contribution is 5.75. The van der Waals surface area contributed by atoms with Crippen molar-refractivity contribution in [2.45, 2.75) is 51.2 Å². The van der Waals surface area contributed by atoms with Gasteiger partial charge in [0.15, 0.2) is 6.10 Å². The topological polar surface area (TPSA) is 66.8 Å². The van der Waals surface area contributed by atoms with E-state index < -0.39 is 18.2 Å². The van der Waals surface area contributed by atoms with Crippen LogP contribution < -0.4 is 0 Å². The van der Waals surface area contributed by atoms with E-state index in [9.17, 15) is 15.0 Å². The predicted molar refractivity (Wildman–Crippen MR) is 55.2 cm³/mol. The first-order chi connectivity index (χ1) is 7.16. The molecule has 4 nitrogen and oxygen atoms in total. The van der Waals surface area contributed by atoms with Gasteiger partial charge < -0.3 is 14.9 Å². The highest BCUT2D eigenvalue weighted by Crippen LogP contribution is 2.27. The molecule has 0 amide bonds. The Morgan fingerprint density at radius 3 is 2.47 bits per heavy atom. The molecule has 2 unspecified atom stereocenters. The van der Waals surface area contributed by atoms with E-state index in [-0.39, 0.29) is 12.5 Å². The second-order valence-corrected chi connectivity index (χ2v) is 4.09. The van der Waals surface area contributed by atoms with Crippen LogP contribution in [0.3, 0.4) is 0 Å². The lowest BCUT2D eigenvalue weighted by Crippen LogP contribution is -2.41. The van der Waals surface area contributed by atoms with Gasteiger partial charge in [-0.15, -0.1) is 0 Å². The maximum absolute atomic E-state index is 11.2. The fourth-order valence-corrected chi connectivity index (χ4v) is 2.10. The average molecular weight is 216 g/mol. The van der Waals surface area contributed by atoms with Crippen LogP contribution in [0.5, 0.6) is 0 Å². The van der Waals surface area contributed by atoms with Gasteiger partial charge in [0.2, 0.25) is 0 Å². The molecule has 1 saturated carbocycles. The number of carbonyl (C=O) groups excluding carboxylic acids is 1. The monoisotopic (exact) mass is 216 g/mol. The lowest BCUT2D eigenvalue weighted by molar-refractivity contribution is -0.162. The molecule has 1 rings (SSSR count). The Balaban J connectivity index is 2.43. The van der Waals surface area contributed by atoms with Crippen molar-refractivity contribution in [1.29, 1.82) is 0 Å². The highest BCUT2D eigenvalue weighted by atomic mass is 16.5. The largest absolute Gasteiger partial charge is 0.464 e. The predicted octanol–water partition coefficient (Wildman–Crippen LogP) is 0.852. The number of hydrogen-bond acceptors (Lipinski definition) is 4. The second kappa shape index (κ2) is 6.08. The second-order valence-electron chi connectivity index (χ2n) is 4.09. The van der Waals surface area contributed by atoms with Gasteiger partial charge in [0.05, 0.1) is 12.7 Å². The van der Waals surface area contributed by atoms with E-state index in [1.807, 2.05) is 0 Å². The third-order valence-electron chi connectivity index (χ3n) is 2.98. The first kappa shape index (κ1) is 12.5. The van der Waals surface area contributed by atoms with E-state index in [0.29, 0.717) is 0 Å². The summed E-state index contributed by atoms with van der Waals surface area (Å²) >= 11 is 0. The molecule has 4 heteroatoms. The van der Waals surface area contributed by atoms with E-state index in [0.717, 1.165) is 25.7 Å². The quantitative estimate of drug-likeness (QED) is 0.684. The van der Waals surface area contributed by atoms with Crippen molar-refractivity contribution in [3.05, 3.63) is 0 Å². The zero-order valence-corrected chi connectivity index (χ0v) is 9.19. The van der Waals surface area contributed by atoms with E-state index in [1.54, 1.807) is 6.92 Å². The molecule has 0 saturated heterocycles. The van der Waals surface area contributed by atoms with Crippen molar-refractivity contribution in [1.82, 2.24) is 0 Å². The Kier molecular flexibility index (Phi) is 5.05. The lowest BCUT2D eigenvalue weighted by Gasteiger charge is -2.28. The van der Waals surface area contributed by atoms with Crippen LogP contribution in [0.4, 0.5) is 0 Å². The normalized spacial score (nSPS) is 22.1. The number of rotatable bonds is 4. The molecule has 0 bridgehead atoms. The van der Waals surface area contributed by atoms with Crippen LogP contribution in [0.15, 0.2) is 0 Å². The minimum atomic E-state index is -1.38. The number of esters is 1. The van der Waals surface area contributed by atoms with Crippen LogP contribution in [0, 0.1) is 5.92 Å². The molecule has 0 heterocycles. The summed E-state index contributed by atoms with van der Waals surface area (Å²) in [4.78, 5) is 11.2. The summed E-state index contributed by atoms with van der Waals surface area (Å²) in [7, 11) is 0. The summed E-state index contributed by atoms with van der Waals surface area (Å²) in [6.07, 6.45) is 2.74. The fourth-order valence-electron chi connectivity index (χ4n) is 2.10. The molecule has 0 radical (unpaired) electrons. The number of hydrogen-bond donors (Lipinski definition) is 2. The minimum Gasteiger partial charge on any atom is -0.464 e. The van der Waals surface area contributed by atoms with Gasteiger partial charge in [0.1, 0.15) is 0 Å². The molecule has 1 aliphatic carbocycles. The third-order valence-corrected chi connectivity index (χ3v) is 2.98. The average Bonchev–Trinajstić information content (AvgIpc) is 2.28. The molecule has 2 N–H and O–H groups in total. The Morgan fingerprint density at radius 2 is 1.93 bits per heavy atom. The molecule has 2 atom stereocenters. The van der Waals surface area contributed by atoms with Gasteiger partial charge in [-0.25, -0.2) is 4.79 Å². The molecule has 88 valence electrons. The van der Waals surface area contributed by atoms with Gasteiger partial charge in [-0.1, -0.05) is 19.3 Å². The summed E-state index contributed by atoms with van der Waals surface area (Å²) in [5.74, 6) is -0.672. The first-order valence-corrected chi connectivity index (χ1v) is 5.69. The van der Waals surface area contributed by atoms with Crippen LogP contribution in [0.2, 0.25) is 0 Å². The first-order valence-electron chi connectivity index (χ1n) is 5.69. The maximum atomic E-state index is 11.2. The summed E-state index contributed by atoms with van der Waals surface area (Å²) in [6.45, 7) is 1.91. The Hall–Kier alpha value is -0.610. The molecule has 0 aromatic heterocycles. The van der Waals surface area contributed by atoms with Crippen LogP contribution in [0.25, 0.3) is 0 Å². The molecule has 1 aliphatic rings. The van der Waals surface area contributed by atoms with Gasteiger partial charge in [-0.05, 0) is 25.7 Å². The Bertz CT molecular complexity index is 199. The van der Waals surface area contributed by atoms with Crippen molar-refractivity contribution in [3.63, 3.8) is 0 Å². The standard InChI is InChI=1S/C11H20O4/c1-2-15-11(14)10(13)9(12)8-6-4-3-5-7-8/h8-10,12-13H,2-7H2,1H3. The summed E-state index contributed by atoms with van der Waals surface area (Å²) in [5, 5.41) is 19.3. The Morgan fingerprint density at radius 1 is 1.33 bits per heavy atom. The van der Waals surface area contributed by atoms with Crippen molar-refractivity contribution >= 4 is 5.97 Å². The SMILES string of the molecule is CCOC(=O)C(O)C(O)C1CCCCC1. The lowest BCUT2D eigenvalue weighted by atomic mass is 9.83. The Labute approximate surface area is 90.2 Å². The van der Waals surface area contributed by atoms with Gasteiger partial charge in [0, 0.05) is 0 Å². The van der Waals surface area contributed by atoms with Gasteiger partial charge in [-0.2, -0.15) is 0 Å². The van der Waals surface area contributed by atoms with Crippen molar-refractivity contribution in [3.8, 4) is 0 Å². The fraction of sp³-hybridized carbons (Fsp3) is 0.909. The highest BCUT2D eigenvalue weighted by Gasteiger charge is 2.32. The zero-order chi connectivity index (χ0) is 11.3. The zero-order valence-electron chi connectivity index (χ0n) is 9.19. The van der Waals surface area contributed by atoms with Crippen LogP contribution >= 0.6 is 0 Å². The molecule has 0 aromatic rings. The molecule has 0 spiro atoms. The van der Waals surface area contributed by atoms with Gasteiger partial charge >= 0.3 is 5.97 Å². The number of carbonyl (C=O) groups is 1. The summed E-state index contributed by atoms with van der Waals surface area (Å²) < 4.78 is 4.67. The molecule has 15 heavy (non-hydrogen) atoms. The molecule has 0 aliphatic heterocycles. The molecule has 1 fully saturated rings. The molecular formula is C11H20O4. The van der Waals surface area contributed by atoms with E-state index in [1.165, 1.54) is 6.42 Å². The third kappa shape index (κ3) is 3.47. The summed E-state index contributed by atoms with van der Waals surface area (Å²) in [5.41, 5.74) is 0. The van der Waals surface area contributed by atoms with Crippen LogP contribution in [-0.2, 0) is 9.53 Å². The van der Waals surface area contributed by atoms with E-state index in [4.69, 9.17) is 0 Å². The van der Waals surface area contributed by atoms with E-state index >= 15 is 0 Å². The van der Waals surface area contributed by atoms with Crippen LogP contribution in [-0.4, -0.2) is 35.0 Å². The van der Waals surface area contributed by atoms with Crippen LogP contribution in [0.1, 0.15) is 39.0 Å². The van der Waals surface area contributed by atoms with Crippen molar-refractivity contribution in [2.24, 2.45) is 5.92 Å². The smallest absolute Gasteiger partial charge is 0.337 e. The number of aliphatic hydroxyl groups is 2. The number of ether oxygens (including phenoxy) is 1. The van der Waals surface area contributed by atoms with E-state index in [2.05, 4.69) is 4.74 Å². The summed E-state index contributed by atoms with van der Waals surface area (Å²) in [6, 6.07) is 0. The van der Waals surface area contributed by atoms with Crippen molar-refractivity contribution < 1.29 is 19.7 Å². The molecule has 0 aromatic carbocycles. The van der Waals surface area contributed by atoms with Crippen molar-refractivity contribution in [2.75, 3.05) is 6.61 Å². The van der Waals surface area contributed by atoms with Gasteiger partial charge in [-0.3, -0.25) is 0 Å². The van der Waals surface area contributed by atoms with Gasteiger partial charge in [0.25, 0.3) is 0 Å². The number of aliphatic hydroxyl groups excluding tert-OH is 2. The minimum absolute atomic E-state index is 0.0400.